The number of carboxylic acids is 1. The molecule has 0 aliphatic heterocycles. The van der Waals surface area contributed by atoms with Gasteiger partial charge in [0.1, 0.15) is 4.88 Å². The molecular formula is C18H20O2S. The third-order valence-electron chi connectivity index (χ3n) is 3.89. The van der Waals surface area contributed by atoms with Gasteiger partial charge in [-0.15, -0.1) is 11.3 Å². The third kappa shape index (κ3) is 3.86. The number of hydrogen-bond acceptors (Lipinski definition) is 2. The molecule has 0 saturated heterocycles. The fourth-order valence-electron chi connectivity index (χ4n) is 2.77. The van der Waals surface area contributed by atoms with Crippen LogP contribution in [0.25, 0.3) is 0 Å². The lowest BCUT2D eigenvalue weighted by Gasteiger charge is -2.32. The van der Waals surface area contributed by atoms with E-state index in [1.165, 1.54) is 41.7 Å². The molecule has 2 rings (SSSR count). The maximum absolute atomic E-state index is 10.8. The van der Waals surface area contributed by atoms with Crippen LogP contribution in [0.2, 0.25) is 0 Å². The van der Waals surface area contributed by atoms with Crippen molar-refractivity contribution in [3.63, 3.8) is 0 Å². The summed E-state index contributed by atoms with van der Waals surface area (Å²) < 4.78 is 0. The van der Waals surface area contributed by atoms with Crippen molar-refractivity contribution in [3.8, 4) is 11.8 Å². The normalized spacial score (nSPS) is 17.7. The summed E-state index contributed by atoms with van der Waals surface area (Å²) in [5.41, 5.74) is 3.06. The molecule has 0 amide bonds. The highest BCUT2D eigenvalue weighted by atomic mass is 32.1. The van der Waals surface area contributed by atoms with Crippen molar-refractivity contribution in [2.75, 3.05) is 0 Å². The standard InChI is InChI=1S/C18H20O2S/c1-13-7-6-12-18(2,3)15(13)9-5-4-8-14-10-11-16(21-14)17(19)20/h5,9-11H,6-7,12H2,1-3H3,(H,19,20)/b9-5+. The van der Waals surface area contributed by atoms with Crippen LogP contribution in [0.3, 0.4) is 0 Å². The van der Waals surface area contributed by atoms with E-state index in [9.17, 15) is 4.79 Å². The molecule has 0 atom stereocenters. The molecule has 0 spiro atoms. The Hall–Kier alpha value is -1.79. The smallest absolute Gasteiger partial charge is 0.345 e. The Kier molecular flexibility index (Phi) is 4.69. The minimum atomic E-state index is -0.895. The molecule has 110 valence electrons. The van der Waals surface area contributed by atoms with E-state index in [1.807, 2.05) is 6.08 Å². The van der Waals surface area contributed by atoms with Gasteiger partial charge in [0.25, 0.3) is 0 Å². The highest BCUT2D eigenvalue weighted by Gasteiger charge is 2.26. The van der Waals surface area contributed by atoms with Crippen molar-refractivity contribution < 1.29 is 9.90 Å². The molecule has 1 aromatic heterocycles. The van der Waals surface area contributed by atoms with Crippen molar-refractivity contribution >= 4 is 17.3 Å². The summed E-state index contributed by atoms with van der Waals surface area (Å²) in [4.78, 5) is 11.9. The second kappa shape index (κ2) is 6.32. The number of carboxylic acid groups (broad SMARTS) is 1. The lowest BCUT2D eigenvalue weighted by Crippen LogP contribution is -2.18. The Morgan fingerprint density at radius 3 is 2.81 bits per heavy atom. The van der Waals surface area contributed by atoms with Crippen molar-refractivity contribution in [1.29, 1.82) is 0 Å². The molecule has 21 heavy (non-hydrogen) atoms. The van der Waals surface area contributed by atoms with E-state index < -0.39 is 5.97 Å². The molecule has 0 saturated carbocycles. The molecule has 0 radical (unpaired) electrons. The first-order valence-corrected chi connectivity index (χ1v) is 7.93. The van der Waals surface area contributed by atoms with E-state index in [0.29, 0.717) is 4.88 Å². The quantitative estimate of drug-likeness (QED) is 0.790. The van der Waals surface area contributed by atoms with Gasteiger partial charge in [-0.1, -0.05) is 37.3 Å². The molecule has 1 aromatic rings. The molecule has 2 nitrogen and oxygen atoms in total. The molecule has 1 heterocycles. The second-order valence-corrected chi connectivity index (χ2v) is 7.09. The van der Waals surface area contributed by atoms with Gasteiger partial charge in [-0.05, 0) is 55.4 Å². The fourth-order valence-corrected chi connectivity index (χ4v) is 3.47. The van der Waals surface area contributed by atoms with Gasteiger partial charge in [0.2, 0.25) is 0 Å². The summed E-state index contributed by atoms with van der Waals surface area (Å²) in [6.07, 6.45) is 7.64. The van der Waals surface area contributed by atoms with E-state index >= 15 is 0 Å². The zero-order chi connectivity index (χ0) is 15.5. The number of allylic oxidation sites excluding steroid dienone is 4. The SMILES string of the molecule is CC1=C(/C=C/C#Cc2ccc(C(=O)O)s2)C(C)(C)CCC1. The van der Waals surface area contributed by atoms with Gasteiger partial charge in [0, 0.05) is 0 Å². The molecule has 1 N–H and O–H groups in total. The first-order chi connectivity index (χ1) is 9.90. The van der Waals surface area contributed by atoms with Crippen molar-refractivity contribution in [2.45, 2.75) is 40.0 Å². The summed E-state index contributed by atoms with van der Waals surface area (Å²) in [6, 6.07) is 3.35. The molecular weight excluding hydrogens is 280 g/mol. The monoisotopic (exact) mass is 300 g/mol. The Labute approximate surface area is 130 Å². The van der Waals surface area contributed by atoms with E-state index in [0.717, 1.165) is 4.88 Å². The van der Waals surface area contributed by atoms with Crippen LogP contribution in [-0.2, 0) is 0 Å². The molecule has 0 fully saturated rings. The zero-order valence-electron chi connectivity index (χ0n) is 12.7. The second-order valence-electron chi connectivity index (χ2n) is 6.00. The number of carbonyl (C=O) groups is 1. The Morgan fingerprint density at radius 2 is 2.19 bits per heavy atom. The van der Waals surface area contributed by atoms with Gasteiger partial charge in [-0.25, -0.2) is 4.79 Å². The Morgan fingerprint density at radius 1 is 1.43 bits per heavy atom. The maximum atomic E-state index is 10.8. The van der Waals surface area contributed by atoms with E-state index in [2.05, 4.69) is 38.7 Å². The van der Waals surface area contributed by atoms with Crippen molar-refractivity contribution in [3.05, 3.63) is 45.2 Å². The number of aromatic carboxylic acids is 1. The van der Waals surface area contributed by atoms with Crippen LogP contribution < -0.4 is 0 Å². The van der Waals surface area contributed by atoms with E-state index in [4.69, 9.17) is 5.11 Å². The molecule has 1 aliphatic carbocycles. The van der Waals surface area contributed by atoms with Crippen LogP contribution in [0, 0.1) is 17.3 Å². The average molecular weight is 300 g/mol. The van der Waals surface area contributed by atoms with Crippen LogP contribution in [0.1, 0.15) is 54.6 Å². The number of rotatable bonds is 2. The predicted octanol–water partition coefficient (Wildman–Crippen LogP) is 4.88. The lowest BCUT2D eigenvalue weighted by molar-refractivity contribution is 0.0702. The van der Waals surface area contributed by atoms with Crippen molar-refractivity contribution in [1.82, 2.24) is 0 Å². The van der Waals surface area contributed by atoms with Gasteiger partial charge in [-0.2, -0.15) is 0 Å². The van der Waals surface area contributed by atoms with Gasteiger partial charge < -0.3 is 5.11 Å². The van der Waals surface area contributed by atoms with Crippen LogP contribution in [0.15, 0.2) is 35.4 Å². The highest BCUT2D eigenvalue weighted by Crippen LogP contribution is 2.40. The third-order valence-corrected chi connectivity index (χ3v) is 4.88. The Bertz CT molecular complexity index is 663. The largest absolute Gasteiger partial charge is 0.477 e. The molecule has 0 aromatic carbocycles. The van der Waals surface area contributed by atoms with Gasteiger partial charge in [-0.3, -0.25) is 0 Å². The number of thiophene rings is 1. The first kappa shape index (κ1) is 15.6. The number of hydrogen-bond donors (Lipinski definition) is 1. The highest BCUT2D eigenvalue weighted by molar-refractivity contribution is 7.14. The molecule has 0 unspecified atom stereocenters. The maximum Gasteiger partial charge on any atom is 0.345 e. The van der Waals surface area contributed by atoms with Gasteiger partial charge in [0.05, 0.1) is 4.88 Å². The minimum absolute atomic E-state index is 0.222. The van der Waals surface area contributed by atoms with Gasteiger partial charge in [0.15, 0.2) is 0 Å². The topological polar surface area (TPSA) is 37.3 Å². The molecule has 3 heteroatoms. The van der Waals surface area contributed by atoms with Crippen molar-refractivity contribution in [2.24, 2.45) is 5.41 Å². The van der Waals surface area contributed by atoms with Crippen LogP contribution in [0.4, 0.5) is 0 Å². The summed E-state index contributed by atoms with van der Waals surface area (Å²) in [7, 11) is 0. The Balaban J connectivity index is 2.12. The lowest BCUT2D eigenvalue weighted by atomic mass is 9.73. The zero-order valence-corrected chi connectivity index (χ0v) is 13.5. The predicted molar refractivity (Wildman–Crippen MR) is 87.6 cm³/mol. The summed E-state index contributed by atoms with van der Waals surface area (Å²) >= 11 is 1.21. The summed E-state index contributed by atoms with van der Waals surface area (Å²) in [5.74, 6) is 5.11. The molecule has 1 aliphatic rings. The average Bonchev–Trinajstić information content (AvgIpc) is 2.85. The van der Waals surface area contributed by atoms with Crippen LogP contribution in [0.5, 0.6) is 0 Å². The first-order valence-electron chi connectivity index (χ1n) is 7.11. The van der Waals surface area contributed by atoms with Gasteiger partial charge >= 0.3 is 5.97 Å². The minimum Gasteiger partial charge on any atom is -0.477 e. The fraction of sp³-hybridized carbons (Fsp3) is 0.389. The van der Waals surface area contributed by atoms with Crippen LogP contribution in [-0.4, -0.2) is 11.1 Å². The molecule has 0 bridgehead atoms. The van der Waals surface area contributed by atoms with E-state index in [1.54, 1.807) is 12.1 Å². The summed E-state index contributed by atoms with van der Waals surface area (Å²) in [6.45, 7) is 6.76. The van der Waals surface area contributed by atoms with E-state index in [-0.39, 0.29) is 5.41 Å². The van der Waals surface area contributed by atoms with Crippen LogP contribution >= 0.6 is 11.3 Å². The summed E-state index contributed by atoms with van der Waals surface area (Å²) in [5, 5.41) is 8.87.